The highest BCUT2D eigenvalue weighted by Crippen LogP contribution is 2.25. The smallest absolute Gasteiger partial charge is 0.307 e. The highest BCUT2D eigenvalue weighted by atomic mass is 32.2. The maximum absolute atomic E-state index is 12.7. The maximum atomic E-state index is 12.7. The number of ether oxygens (including phenoxy) is 1. The van der Waals surface area contributed by atoms with Gasteiger partial charge in [-0.1, -0.05) is 93.2 Å². The SMILES string of the molecule is CC(C)(C)C(=O)SC/C(=C/c1ccccc1)C(=O)NCCC(=O)OCc1ccccc1. The van der Waals surface area contributed by atoms with E-state index >= 15 is 0 Å². The number of amides is 1. The van der Waals surface area contributed by atoms with Crippen molar-refractivity contribution < 1.29 is 19.1 Å². The lowest BCUT2D eigenvalue weighted by Crippen LogP contribution is -2.29. The van der Waals surface area contributed by atoms with Crippen molar-refractivity contribution >= 4 is 34.8 Å². The minimum absolute atomic E-state index is 0.0174. The second-order valence-electron chi connectivity index (χ2n) is 8.06. The number of thioether (sulfide) groups is 1. The minimum atomic E-state index is -0.485. The van der Waals surface area contributed by atoms with Gasteiger partial charge in [-0.3, -0.25) is 14.4 Å². The quantitative estimate of drug-likeness (QED) is 0.456. The number of nitrogens with one attached hydrogen (secondary N) is 1. The molecule has 0 fully saturated rings. The second-order valence-corrected chi connectivity index (χ2v) is 9.01. The molecule has 2 aromatic carbocycles. The molecule has 0 bridgehead atoms. The molecule has 31 heavy (non-hydrogen) atoms. The molecule has 1 amide bonds. The standard InChI is InChI=1S/C25H29NO4S/c1-25(2,3)24(29)31-18-21(16-19-10-6-4-7-11-19)23(28)26-15-14-22(27)30-17-20-12-8-5-9-13-20/h4-13,16H,14-15,17-18H2,1-3H3,(H,26,28)/b21-16-. The van der Waals surface area contributed by atoms with Gasteiger partial charge in [0.05, 0.1) is 6.42 Å². The first-order valence-electron chi connectivity index (χ1n) is 10.2. The minimum Gasteiger partial charge on any atom is -0.461 e. The predicted octanol–water partition coefficient (Wildman–Crippen LogP) is 4.63. The zero-order chi connectivity index (χ0) is 22.7. The Labute approximate surface area is 188 Å². The summed E-state index contributed by atoms with van der Waals surface area (Å²) in [4.78, 5) is 36.9. The number of rotatable bonds is 9. The van der Waals surface area contributed by atoms with E-state index < -0.39 is 5.41 Å². The summed E-state index contributed by atoms with van der Waals surface area (Å²) in [6.45, 7) is 5.92. The zero-order valence-corrected chi connectivity index (χ0v) is 19.0. The van der Waals surface area contributed by atoms with Crippen molar-refractivity contribution in [3.63, 3.8) is 0 Å². The third kappa shape index (κ3) is 9.22. The molecular weight excluding hydrogens is 410 g/mol. The van der Waals surface area contributed by atoms with E-state index in [2.05, 4.69) is 5.32 Å². The van der Waals surface area contributed by atoms with Crippen LogP contribution < -0.4 is 5.32 Å². The Morgan fingerprint density at radius 2 is 1.58 bits per heavy atom. The Morgan fingerprint density at radius 1 is 0.968 bits per heavy atom. The fraction of sp³-hybridized carbons (Fsp3) is 0.320. The Bertz CT molecular complexity index is 902. The molecule has 2 rings (SSSR count). The lowest BCUT2D eigenvalue weighted by atomic mass is 10.00. The molecule has 2 aromatic rings. The largest absolute Gasteiger partial charge is 0.461 e. The van der Waals surface area contributed by atoms with Gasteiger partial charge in [0.1, 0.15) is 6.61 Å². The van der Waals surface area contributed by atoms with Crippen molar-refractivity contribution in [2.24, 2.45) is 5.41 Å². The average Bonchev–Trinajstić information content (AvgIpc) is 2.75. The molecule has 0 saturated heterocycles. The lowest BCUT2D eigenvalue weighted by Gasteiger charge is -2.16. The second kappa shape index (κ2) is 12.1. The van der Waals surface area contributed by atoms with E-state index in [-0.39, 0.29) is 42.3 Å². The Hall–Kier alpha value is -2.86. The van der Waals surface area contributed by atoms with Gasteiger partial charge >= 0.3 is 5.97 Å². The van der Waals surface area contributed by atoms with Crippen molar-refractivity contribution in [2.45, 2.75) is 33.8 Å². The molecule has 5 nitrogen and oxygen atoms in total. The van der Waals surface area contributed by atoms with Gasteiger partial charge in [-0.2, -0.15) is 0 Å². The summed E-state index contributed by atoms with van der Waals surface area (Å²) in [6.07, 6.45) is 1.84. The van der Waals surface area contributed by atoms with E-state index in [0.717, 1.165) is 22.9 Å². The van der Waals surface area contributed by atoms with Gasteiger partial charge < -0.3 is 10.1 Å². The molecule has 0 radical (unpaired) electrons. The van der Waals surface area contributed by atoms with E-state index in [9.17, 15) is 14.4 Å². The summed E-state index contributed by atoms with van der Waals surface area (Å²) < 4.78 is 5.23. The molecule has 0 aliphatic carbocycles. The lowest BCUT2D eigenvalue weighted by molar-refractivity contribution is -0.144. The van der Waals surface area contributed by atoms with Crippen LogP contribution in [0.1, 0.15) is 38.3 Å². The van der Waals surface area contributed by atoms with Crippen LogP contribution in [0.2, 0.25) is 0 Å². The molecule has 164 valence electrons. The molecule has 0 aliphatic rings. The number of hydrogen-bond donors (Lipinski definition) is 1. The summed E-state index contributed by atoms with van der Waals surface area (Å²) in [6, 6.07) is 18.9. The number of carbonyl (C=O) groups excluding carboxylic acids is 3. The molecule has 1 N–H and O–H groups in total. The van der Waals surface area contributed by atoms with Crippen LogP contribution in [0.15, 0.2) is 66.2 Å². The van der Waals surface area contributed by atoms with Crippen molar-refractivity contribution in [1.29, 1.82) is 0 Å². The van der Waals surface area contributed by atoms with E-state index in [4.69, 9.17) is 4.74 Å². The van der Waals surface area contributed by atoms with Gasteiger partial charge in [0.15, 0.2) is 5.12 Å². The van der Waals surface area contributed by atoms with E-state index in [1.807, 2.05) is 81.4 Å². The molecular formula is C25H29NO4S. The van der Waals surface area contributed by atoms with Crippen LogP contribution in [0.5, 0.6) is 0 Å². The van der Waals surface area contributed by atoms with Crippen molar-refractivity contribution in [1.82, 2.24) is 5.32 Å². The third-order valence-corrected chi connectivity index (χ3v) is 5.59. The van der Waals surface area contributed by atoms with Crippen LogP contribution in [-0.2, 0) is 25.7 Å². The average molecular weight is 440 g/mol. The Balaban J connectivity index is 1.90. The molecule has 0 aromatic heterocycles. The van der Waals surface area contributed by atoms with Crippen LogP contribution in [0.4, 0.5) is 0 Å². The van der Waals surface area contributed by atoms with E-state index in [0.29, 0.717) is 5.57 Å². The summed E-state index contributed by atoms with van der Waals surface area (Å²) in [7, 11) is 0. The monoisotopic (exact) mass is 439 g/mol. The zero-order valence-electron chi connectivity index (χ0n) is 18.2. The van der Waals surface area contributed by atoms with Crippen molar-refractivity contribution in [3.8, 4) is 0 Å². The fourth-order valence-electron chi connectivity index (χ4n) is 2.48. The normalized spacial score (nSPS) is 11.6. The van der Waals surface area contributed by atoms with Gasteiger partial charge in [0.2, 0.25) is 5.91 Å². The number of benzene rings is 2. The van der Waals surface area contributed by atoms with Gasteiger partial charge in [0.25, 0.3) is 0 Å². The summed E-state index contributed by atoms with van der Waals surface area (Å²) in [5.41, 5.74) is 1.78. The van der Waals surface area contributed by atoms with Crippen LogP contribution in [0, 0.1) is 5.41 Å². The third-order valence-electron chi connectivity index (χ3n) is 4.26. The summed E-state index contributed by atoms with van der Waals surface area (Å²) >= 11 is 1.12. The Morgan fingerprint density at radius 3 is 2.19 bits per heavy atom. The molecule has 0 unspecified atom stereocenters. The Kier molecular flexibility index (Phi) is 9.53. The first-order valence-corrected chi connectivity index (χ1v) is 11.1. The number of carbonyl (C=O) groups is 3. The first kappa shape index (κ1) is 24.4. The molecule has 6 heteroatoms. The van der Waals surface area contributed by atoms with Gasteiger partial charge in [-0.25, -0.2) is 0 Å². The molecule has 0 spiro atoms. The van der Waals surface area contributed by atoms with Crippen LogP contribution >= 0.6 is 11.8 Å². The molecule has 0 atom stereocenters. The summed E-state index contributed by atoms with van der Waals surface area (Å²) in [5.74, 6) is -0.418. The number of esters is 1. The van der Waals surface area contributed by atoms with Crippen LogP contribution in [0.3, 0.4) is 0 Å². The van der Waals surface area contributed by atoms with E-state index in [1.165, 1.54) is 0 Å². The molecule has 0 heterocycles. The fourth-order valence-corrected chi connectivity index (χ4v) is 3.42. The highest BCUT2D eigenvalue weighted by molar-refractivity contribution is 8.13. The molecule has 0 saturated carbocycles. The van der Waals surface area contributed by atoms with Crippen molar-refractivity contribution in [3.05, 3.63) is 77.4 Å². The number of hydrogen-bond acceptors (Lipinski definition) is 5. The highest BCUT2D eigenvalue weighted by Gasteiger charge is 2.23. The van der Waals surface area contributed by atoms with Crippen LogP contribution in [-0.4, -0.2) is 29.3 Å². The maximum Gasteiger partial charge on any atom is 0.307 e. The van der Waals surface area contributed by atoms with Crippen LogP contribution in [0.25, 0.3) is 6.08 Å². The van der Waals surface area contributed by atoms with Gasteiger partial charge in [0, 0.05) is 23.3 Å². The van der Waals surface area contributed by atoms with Gasteiger partial charge in [-0.05, 0) is 17.2 Å². The van der Waals surface area contributed by atoms with Crippen molar-refractivity contribution in [2.75, 3.05) is 12.3 Å². The first-order chi connectivity index (χ1) is 14.8. The van der Waals surface area contributed by atoms with Gasteiger partial charge in [-0.15, -0.1) is 0 Å². The summed E-state index contributed by atoms with van der Waals surface area (Å²) in [5, 5.41) is 2.78. The topological polar surface area (TPSA) is 72.5 Å². The predicted molar refractivity (Wildman–Crippen MR) is 125 cm³/mol. The molecule has 0 aliphatic heterocycles. The van der Waals surface area contributed by atoms with E-state index in [1.54, 1.807) is 6.08 Å².